The van der Waals surface area contributed by atoms with Crippen LogP contribution in [0.25, 0.3) is 0 Å². The lowest BCUT2D eigenvalue weighted by Gasteiger charge is -2.17. The van der Waals surface area contributed by atoms with Crippen LogP contribution in [0.1, 0.15) is 12.8 Å². The van der Waals surface area contributed by atoms with E-state index in [1.807, 2.05) is 4.90 Å². The largest absolute Gasteiger partial charge is 0.375 e. The van der Waals surface area contributed by atoms with Crippen molar-refractivity contribution in [2.45, 2.75) is 19.1 Å². The molecule has 0 aromatic carbocycles. The number of rotatable bonds is 2. The van der Waals surface area contributed by atoms with Crippen LogP contribution in [0.4, 0.5) is 0 Å². The Morgan fingerprint density at radius 2 is 2.00 bits per heavy atom. The van der Waals surface area contributed by atoms with Gasteiger partial charge in [0.1, 0.15) is 6.23 Å². The second-order valence-electron chi connectivity index (χ2n) is 2.39. The molecule has 0 bridgehead atoms. The van der Waals surface area contributed by atoms with Gasteiger partial charge in [-0.3, -0.25) is 4.90 Å². The molecule has 1 aliphatic rings. The van der Waals surface area contributed by atoms with Gasteiger partial charge in [-0.15, -0.1) is 0 Å². The Balaban J connectivity index is 2.32. The molecule has 0 aromatic rings. The van der Waals surface area contributed by atoms with Crippen LogP contribution in [-0.2, 0) is 0 Å². The van der Waals surface area contributed by atoms with E-state index in [-0.39, 0.29) is 0 Å². The summed E-state index contributed by atoms with van der Waals surface area (Å²) in [5.41, 5.74) is 0. The maximum atomic E-state index is 9.17. The molecule has 1 atom stereocenters. The van der Waals surface area contributed by atoms with Gasteiger partial charge in [0, 0.05) is 13.1 Å². The molecule has 0 spiro atoms. The molecule has 1 rings (SSSR count). The van der Waals surface area contributed by atoms with Gasteiger partial charge in [-0.25, -0.2) is 0 Å². The van der Waals surface area contributed by atoms with Gasteiger partial charge in [0.05, 0.1) is 0 Å². The van der Waals surface area contributed by atoms with E-state index in [9.17, 15) is 0 Å². The van der Waals surface area contributed by atoms with Crippen LogP contribution in [0.5, 0.6) is 0 Å². The lowest BCUT2D eigenvalue weighted by Crippen LogP contribution is -2.30. The molecule has 52 valence electrons. The van der Waals surface area contributed by atoms with Crippen molar-refractivity contribution in [3.8, 4) is 0 Å². The lowest BCUT2D eigenvalue weighted by atomic mass is 10.4. The van der Waals surface area contributed by atoms with Crippen LogP contribution in [0, 0.1) is 0 Å². The first-order valence-electron chi connectivity index (χ1n) is 3.39. The van der Waals surface area contributed by atoms with Gasteiger partial charge in [0.15, 0.2) is 0 Å². The smallest absolute Gasteiger partial charge is 0.126 e. The molecule has 1 heterocycles. The minimum absolute atomic E-state index is 0.410. The quantitative estimate of drug-likeness (QED) is 0.549. The maximum Gasteiger partial charge on any atom is 0.126 e. The Kier molecular flexibility index (Phi) is 2.25. The zero-order chi connectivity index (χ0) is 6.69. The van der Waals surface area contributed by atoms with E-state index in [0.29, 0.717) is 0 Å². The number of hydrogen-bond acceptors (Lipinski definition) is 2. The third kappa shape index (κ3) is 1.53. The topological polar surface area (TPSA) is 23.5 Å². The molecule has 1 unspecified atom stereocenters. The summed E-state index contributed by atoms with van der Waals surface area (Å²) >= 11 is 0. The molecular formula is C7H13NO. The summed E-state index contributed by atoms with van der Waals surface area (Å²) in [6.45, 7) is 5.56. The summed E-state index contributed by atoms with van der Waals surface area (Å²) in [4.78, 5) is 2.02. The van der Waals surface area contributed by atoms with E-state index in [1.165, 1.54) is 12.8 Å². The zero-order valence-corrected chi connectivity index (χ0v) is 5.58. The van der Waals surface area contributed by atoms with Crippen LogP contribution in [0.3, 0.4) is 0 Å². The van der Waals surface area contributed by atoms with Crippen molar-refractivity contribution < 1.29 is 5.11 Å². The van der Waals surface area contributed by atoms with Crippen LogP contribution >= 0.6 is 0 Å². The molecule has 1 saturated heterocycles. The average molecular weight is 127 g/mol. The van der Waals surface area contributed by atoms with Crippen molar-refractivity contribution in [2.24, 2.45) is 0 Å². The van der Waals surface area contributed by atoms with Gasteiger partial charge in [-0.2, -0.15) is 0 Å². The van der Waals surface area contributed by atoms with Crippen molar-refractivity contribution in [3.05, 3.63) is 12.7 Å². The predicted octanol–water partition coefficient (Wildman–Crippen LogP) is 0.587. The van der Waals surface area contributed by atoms with Crippen molar-refractivity contribution in [3.63, 3.8) is 0 Å². The fourth-order valence-electron chi connectivity index (χ4n) is 1.16. The van der Waals surface area contributed by atoms with Crippen LogP contribution in [-0.4, -0.2) is 29.3 Å². The first-order valence-corrected chi connectivity index (χ1v) is 3.39. The normalized spacial score (nSPS) is 24.1. The van der Waals surface area contributed by atoms with E-state index < -0.39 is 6.23 Å². The minimum Gasteiger partial charge on any atom is -0.375 e. The molecule has 1 fully saturated rings. The minimum atomic E-state index is -0.410. The molecule has 0 amide bonds. The van der Waals surface area contributed by atoms with E-state index in [0.717, 1.165) is 13.1 Å². The molecule has 2 nitrogen and oxygen atoms in total. The second-order valence-corrected chi connectivity index (χ2v) is 2.39. The van der Waals surface area contributed by atoms with Crippen LogP contribution in [0.15, 0.2) is 12.7 Å². The van der Waals surface area contributed by atoms with Gasteiger partial charge >= 0.3 is 0 Å². The first-order chi connectivity index (χ1) is 4.34. The highest BCUT2D eigenvalue weighted by molar-refractivity contribution is 4.81. The van der Waals surface area contributed by atoms with Crippen LogP contribution in [0.2, 0.25) is 0 Å². The fourth-order valence-corrected chi connectivity index (χ4v) is 1.16. The Morgan fingerprint density at radius 3 is 2.44 bits per heavy atom. The number of likely N-dealkylation sites (tertiary alicyclic amines) is 1. The van der Waals surface area contributed by atoms with E-state index in [1.54, 1.807) is 6.08 Å². The molecule has 2 heteroatoms. The SMILES string of the molecule is C=CC(O)N1CCCC1. The van der Waals surface area contributed by atoms with Gasteiger partial charge in [-0.1, -0.05) is 6.58 Å². The Hall–Kier alpha value is -0.340. The zero-order valence-electron chi connectivity index (χ0n) is 5.58. The Morgan fingerprint density at radius 1 is 1.44 bits per heavy atom. The van der Waals surface area contributed by atoms with Crippen molar-refractivity contribution >= 4 is 0 Å². The fraction of sp³-hybridized carbons (Fsp3) is 0.714. The Labute approximate surface area is 55.8 Å². The first kappa shape index (κ1) is 6.78. The van der Waals surface area contributed by atoms with Gasteiger partial charge in [0.2, 0.25) is 0 Å². The summed E-state index contributed by atoms with van der Waals surface area (Å²) in [7, 11) is 0. The second kappa shape index (κ2) is 2.99. The molecule has 9 heavy (non-hydrogen) atoms. The Bertz CT molecular complexity index is 97.1. The highest BCUT2D eigenvalue weighted by Gasteiger charge is 2.15. The van der Waals surface area contributed by atoms with Crippen molar-refractivity contribution in [1.29, 1.82) is 0 Å². The van der Waals surface area contributed by atoms with Crippen molar-refractivity contribution in [1.82, 2.24) is 4.90 Å². The highest BCUT2D eigenvalue weighted by atomic mass is 16.3. The molecule has 1 aliphatic heterocycles. The summed E-state index contributed by atoms with van der Waals surface area (Å²) < 4.78 is 0. The third-order valence-corrected chi connectivity index (χ3v) is 1.73. The van der Waals surface area contributed by atoms with Gasteiger partial charge in [0.25, 0.3) is 0 Å². The summed E-state index contributed by atoms with van der Waals surface area (Å²) in [6, 6.07) is 0. The summed E-state index contributed by atoms with van der Waals surface area (Å²) in [5, 5.41) is 9.17. The molecule has 0 aromatic heterocycles. The van der Waals surface area contributed by atoms with E-state index >= 15 is 0 Å². The van der Waals surface area contributed by atoms with Gasteiger partial charge < -0.3 is 5.11 Å². The summed E-state index contributed by atoms with van der Waals surface area (Å²) in [6.07, 6.45) is 3.59. The average Bonchev–Trinajstić information content (AvgIpc) is 2.37. The maximum absolute atomic E-state index is 9.17. The van der Waals surface area contributed by atoms with Crippen molar-refractivity contribution in [2.75, 3.05) is 13.1 Å². The van der Waals surface area contributed by atoms with E-state index in [2.05, 4.69) is 6.58 Å². The van der Waals surface area contributed by atoms with E-state index in [4.69, 9.17) is 5.11 Å². The molecule has 1 N–H and O–H groups in total. The predicted molar refractivity (Wildman–Crippen MR) is 37.0 cm³/mol. The number of hydrogen-bond donors (Lipinski definition) is 1. The monoisotopic (exact) mass is 127 g/mol. The highest BCUT2D eigenvalue weighted by Crippen LogP contribution is 2.09. The molecule has 0 aliphatic carbocycles. The molecular weight excluding hydrogens is 114 g/mol. The van der Waals surface area contributed by atoms with Crippen LogP contribution < -0.4 is 0 Å². The lowest BCUT2D eigenvalue weighted by molar-refractivity contribution is 0.0616. The number of nitrogens with zero attached hydrogens (tertiary/aromatic N) is 1. The summed E-state index contributed by atoms with van der Waals surface area (Å²) in [5.74, 6) is 0. The number of aliphatic hydroxyl groups is 1. The standard InChI is InChI=1S/C7H13NO/c1-2-7(9)8-5-3-4-6-8/h2,7,9H,1,3-6H2. The third-order valence-electron chi connectivity index (χ3n) is 1.73. The number of aliphatic hydroxyl groups excluding tert-OH is 1. The van der Waals surface area contributed by atoms with Gasteiger partial charge in [-0.05, 0) is 18.9 Å². The molecule has 0 saturated carbocycles. The molecule has 0 radical (unpaired) electrons.